The molecule has 7 nitrogen and oxygen atoms in total. The van der Waals surface area contributed by atoms with Crippen molar-refractivity contribution in [2.75, 3.05) is 23.7 Å². The molecule has 2 rings (SSSR count). The molecule has 1 atom stereocenters. The normalized spacial score (nSPS) is 11.6. The highest BCUT2D eigenvalue weighted by molar-refractivity contribution is 6.35. The number of urea groups is 1. The van der Waals surface area contributed by atoms with Crippen molar-refractivity contribution in [3.05, 3.63) is 52.6 Å². The van der Waals surface area contributed by atoms with Gasteiger partial charge < -0.3 is 21.3 Å². The maximum atomic E-state index is 12.5. The molecule has 2 aromatic rings. The Bertz CT molecular complexity index is 802. The lowest BCUT2D eigenvalue weighted by Crippen LogP contribution is -2.51. The Labute approximate surface area is 174 Å². The van der Waals surface area contributed by atoms with E-state index in [2.05, 4.69) is 26.3 Å². The highest BCUT2D eigenvalue weighted by Crippen LogP contribution is 2.22. The fourth-order valence-electron chi connectivity index (χ4n) is 2.39. The van der Waals surface area contributed by atoms with E-state index in [-0.39, 0.29) is 11.8 Å². The first-order chi connectivity index (χ1) is 13.4. The summed E-state index contributed by atoms with van der Waals surface area (Å²) in [5.41, 5.74) is 0.652. The maximum absolute atomic E-state index is 12.5. The van der Waals surface area contributed by atoms with E-state index in [0.717, 1.165) is 0 Å². The smallest absolute Gasteiger partial charge is 0.319 e. The molecule has 0 radical (unpaired) electrons. The largest absolute Gasteiger partial charge is 0.367 e. The summed E-state index contributed by atoms with van der Waals surface area (Å²) < 4.78 is 0. The fourth-order valence-corrected chi connectivity index (χ4v) is 2.83. The van der Waals surface area contributed by atoms with Gasteiger partial charge >= 0.3 is 6.03 Å². The number of amides is 3. The van der Waals surface area contributed by atoms with E-state index in [1.165, 1.54) is 6.20 Å². The van der Waals surface area contributed by atoms with Crippen LogP contribution in [0.2, 0.25) is 10.0 Å². The van der Waals surface area contributed by atoms with Gasteiger partial charge in [0.15, 0.2) is 0 Å². The van der Waals surface area contributed by atoms with Gasteiger partial charge in [-0.2, -0.15) is 0 Å². The first-order valence-electron chi connectivity index (χ1n) is 8.82. The highest BCUT2D eigenvalue weighted by atomic mass is 35.5. The van der Waals surface area contributed by atoms with E-state index in [0.29, 0.717) is 34.6 Å². The van der Waals surface area contributed by atoms with E-state index in [1.54, 1.807) is 18.2 Å². The number of carbonyl (C=O) groups excluding carboxylic acids is 2. The van der Waals surface area contributed by atoms with Crippen molar-refractivity contribution in [1.82, 2.24) is 15.6 Å². The average molecular weight is 424 g/mol. The highest BCUT2D eigenvalue weighted by Gasteiger charge is 2.23. The van der Waals surface area contributed by atoms with Crippen molar-refractivity contribution in [2.24, 2.45) is 5.92 Å². The van der Waals surface area contributed by atoms with E-state index in [4.69, 9.17) is 23.2 Å². The van der Waals surface area contributed by atoms with Crippen LogP contribution in [0.25, 0.3) is 0 Å². The minimum absolute atomic E-state index is 0.0816. The monoisotopic (exact) mass is 423 g/mol. The van der Waals surface area contributed by atoms with Crippen LogP contribution in [0.3, 0.4) is 0 Å². The van der Waals surface area contributed by atoms with Gasteiger partial charge in [0.05, 0.1) is 10.0 Å². The number of anilines is 2. The van der Waals surface area contributed by atoms with Crippen molar-refractivity contribution >= 4 is 46.6 Å². The minimum Gasteiger partial charge on any atom is -0.367 e. The van der Waals surface area contributed by atoms with Gasteiger partial charge in [-0.3, -0.25) is 4.79 Å². The van der Waals surface area contributed by atoms with E-state index in [1.807, 2.05) is 32.0 Å². The molecular formula is C19H23Cl2N5O2. The summed E-state index contributed by atoms with van der Waals surface area (Å²) in [5, 5.41) is 12.1. The zero-order chi connectivity index (χ0) is 20.5. The van der Waals surface area contributed by atoms with Gasteiger partial charge in [-0.1, -0.05) is 55.2 Å². The number of nitrogens with one attached hydrogen (secondary N) is 4. The molecule has 0 fully saturated rings. The van der Waals surface area contributed by atoms with Crippen LogP contribution >= 0.6 is 23.2 Å². The number of nitrogens with zero attached hydrogens (tertiary/aromatic N) is 1. The fraction of sp³-hybridized carbons (Fsp3) is 0.316. The zero-order valence-electron chi connectivity index (χ0n) is 15.6. The molecule has 1 heterocycles. The number of rotatable bonds is 8. The minimum atomic E-state index is -0.666. The molecule has 3 amide bonds. The molecule has 0 bridgehead atoms. The summed E-state index contributed by atoms with van der Waals surface area (Å²) in [6, 6.07) is 9.51. The Kier molecular flexibility index (Phi) is 8.35. The second-order valence-electron chi connectivity index (χ2n) is 6.39. The molecule has 0 saturated heterocycles. The second-order valence-corrected chi connectivity index (χ2v) is 7.23. The lowest BCUT2D eigenvalue weighted by atomic mass is 10.0. The van der Waals surface area contributed by atoms with Crippen molar-refractivity contribution in [2.45, 2.75) is 19.9 Å². The van der Waals surface area contributed by atoms with Crippen molar-refractivity contribution < 1.29 is 9.59 Å². The van der Waals surface area contributed by atoms with E-state index in [9.17, 15) is 9.59 Å². The third-order valence-corrected chi connectivity index (χ3v) is 4.29. The molecule has 28 heavy (non-hydrogen) atoms. The van der Waals surface area contributed by atoms with Gasteiger partial charge in [-0.05, 0) is 24.1 Å². The number of aromatic nitrogens is 1. The third kappa shape index (κ3) is 6.90. The van der Waals surface area contributed by atoms with Crippen LogP contribution in [0.15, 0.2) is 42.6 Å². The molecule has 1 aromatic heterocycles. The summed E-state index contributed by atoms with van der Waals surface area (Å²) in [4.78, 5) is 28.7. The lowest BCUT2D eigenvalue weighted by Gasteiger charge is -2.22. The Morgan fingerprint density at radius 2 is 1.82 bits per heavy atom. The third-order valence-electron chi connectivity index (χ3n) is 3.79. The SMILES string of the molecule is CC(C)C(NC(=O)Nc1ccccc1)C(=O)NCCNc1ncc(Cl)cc1Cl. The van der Waals surface area contributed by atoms with Crippen LogP contribution in [0, 0.1) is 5.92 Å². The van der Waals surface area contributed by atoms with E-state index < -0.39 is 12.1 Å². The van der Waals surface area contributed by atoms with Crippen LogP contribution in [-0.2, 0) is 4.79 Å². The van der Waals surface area contributed by atoms with Crippen LogP contribution in [0.4, 0.5) is 16.3 Å². The molecule has 9 heteroatoms. The Morgan fingerprint density at radius 1 is 1.11 bits per heavy atom. The summed E-state index contributed by atoms with van der Waals surface area (Å²) in [6.07, 6.45) is 1.48. The predicted molar refractivity (Wildman–Crippen MR) is 113 cm³/mol. The number of hydrogen-bond acceptors (Lipinski definition) is 4. The van der Waals surface area contributed by atoms with Crippen LogP contribution in [-0.4, -0.2) is 36.1 Å². The summed E-state index contributed by atoms with van der Waals surface area (Å²) in [7, 11) is 0. The Morgan fingerprint density at radius 3 is 2.46 bits per heavy atom. The van der Waals surface area contributed by atoms with Gasteiger partial charge in [0, 0.05) is 25.0 Å². The first-order valence-corrected chi connectivity index (χ1v) is 9.57. The Hall–Kier alpha value is -2.51. The lowest BCUT2D eigenvalue weighted by molar-refractivity contribution is -0.123. The second kappa shape index (κ2) is 10.7. The number of carbonyl (C=O) groups is 2. The van der Waals surface area contributed by atoms with Gasteiger partial charge in [-0.25, -0.2) is 9.78 Å². The summed E-state index contributed by atoms with van der Waals surface area (Å²) in [5.74, 6) is 0.137. The van der Waals surface area contributed by atoms with Gasteiger partial charge in [0.2, 0.25) is 5.91 Å². The van der Waals surface area contributed by atoms with Gasteiger partial charge in [0.1, 0.15) is 11.9 Å². The number of para-hydroxylation sites is 1. The molecule has 4 N–H and O–H groups in total. The van der Waals surface area contributed by atoms with E-state index >= 15 is 0 Å². The van der Waals surface area contributed by atoms with Gasteiger partial charge in [-0.15, -0.1) is 0 Å². The molecule has 1 aromatic carbocycles. The number of halogens is 2. The number of benzene rings is 1. The zero-order valence-corrected chi connectivity index (χ0v) is 17.1. The molecule has 0 saturated carbocycles. The molecule has 150 valence electrons. The molecule has 0 aliphatic heterocycles. The van der Waals surface area contributed by atoms with Gasteiger partial charge in [0.25, 0.3) is 0 Å². The topological polar surface area (TPSA) is 95.2 Å². The molecule has 0 aliphatic rings. The van der Waals surface area contributed by atoms with Crippen molar-refractivity contribution in [1.29, 1.82) is 0 Å². The maximum Gasteiger partial charge on any atom is 0.319 e. The standard InChI is InChI=1S/C19H23Cl2N5O2/c1-12(2)16(26-19(28)25-14-6-4-3-5-7-14)18(27)23-9-8-22-17-15(21)10-13(20)11-24-17/h3-7,10-12,16H,8-9H2,1-2H3,(H,22,24)(H,23,27)(H2,25,26,28). The summed E-state index contributed by atoms with van der Waals surface area (Å²) in [6.45, 7) is 4.48. The molecule has 1 unspecified atom stereocenters. The predicted octanol–water partition coefficient (Wildman–Crippen LogP) is 3.76. The van der Waals surface area contributed by atoms with Crippen molar-refractivity contribution in [3.8, 4) is 0 Å². The van der Waals surface area contributed by atoms with Crippen LogP contribution in [0.1, 0.15) is 13.8 Å². The summed E-state index contributed by atoms with van der Waals surface area (Å²) >= 11 is 11.8. The number of hydrogen-bond donors (Lipinski definition) is 4. The van der Waals surface area contributed by atoms with Crippen LogP contribution in [0.5, 0.6) is 0 Å². The molecular weight excluding hydrogens is 401 g/mol. The first kappa shape index (κ1) is 21.8. The van der Waals surface area contributed by atoms with Crippen molar-refractivity contribution in [3.63, 3.8) is 0 Å². The van der Waals surface area contributed by atoms with Crippen LogP contribution < -0.4 is 21.3 Å². The molecule has 0 aliphatic carbocycles. The molecule has 0 spiro atoms. The Balaban J connectivity index is 1.80. The average Bonchev–Trinajstić information content (AvgIpc) is 2.65. The number of pyridine rings is 1. The quantitative estimate of drug-likeness (QED) is 0.486.